The summed E-state index contributed by atoms with van der Waals surface area (Å²) in [5.74, 6) is 0.122. The van der Waals surface area contributed by atoms with Gasteiger partial charge in [-0.2, -0.15) is 0 Å². The van der Waals surface area contributed by atoms with Crippen LogP contribution in [0.25, 0.3) is 0 Å². The molecule has 1 aliphatic carbocycles. The van der Waals surface area contributed by atoms with E-state index < -0.39 is 0 Å². The van der Waals surface area contributed by atoms with Crippen LogP contribution in [-0.2, 0) is 11.3 Å². The number of rotatable bonds is 5. The van der Waals surface area contributed by atoms with Crippen LogP contribution in [0.2, 0.25) is 0 Å². The van der Waals surface area contributed by atoms with Gasteiger partial charge in [-0.15, -0.1) is 11.3 Å². The van der Waals surface area contributed by atoms with Crippen molar-refractivity contribution in [3.8, 4) is 0 Å². The topological polar surface area (TPSA) is 65.5 Å². The van der Waals surface area contributed by atoms with Crippen LogP contribution in [0.15, 0.2) is 10.9 Å². The van der Waals surface area contributed by atoms with E-state index in [1.165, 1.54) is 11.3 Å². The van der Waals surface area contributed by atoms with E-state index in [0.717, 1.165) is 37.9 Å². The number of amides is 3. The molecule has 7 heteroatoms. The third-order valence-corrected chi connectivity index (χ3v) is 4.98. The zero-order chi connectivity index (χ0) is 15.5. The molecule has 0 bridgehead atoms. The highest BCUT2D eigenvalue weighted by Crippen LogP contribution is 2.29. The Labute approximate surface area is 134 Å². The molecule has 0 aromatic carbocycles. The molecule has 1 atom stereocenters. The molecule has 0 radical (unpaired) electrons. The molecule has 2 aliphatic rings. The Morgan fingerprint density at radius 1 is 1.45 bits per heavy atom. The molecule has 22 heavy (non-hydrogen) atoms. The molecule has 3 amide bonds. The van der Waals surface area contributed by atoms with Crippen molar-refractivity contribution in [1.29, 1.82) is 0 Å². The smallest absolute Gasteiger partial charge is 0.318 e. The lowest BCUT2D eigenvalue weighted by Gasteiger charge is -2.30. The van der Waals surface area contributed by atoms with Crippen LogP contribution in [0.5, 0.6) is 0 Å². The van der Waals surface area contributed by atoms with Crippen LogP contribution >= 0.6 is 11.3 Å². The molecule has 1 aromatic heterocycles. The van der Waals surface area contributed by atoms with E-state index in [4.69, 9.17) is 0 Å². The third-order valence-electron chi connectivity index (χ3n) is 4.34. The minimum atomic E-state index is -0.0465. The Morgan fingerprint density at radius 3 is 2.91 bits per heavy atom. The van der Waals surface area contributed by atoms with Crippen molar-refractivity contribution in [2.45, 2.75) is 51.2 Å². The van der Waals surface area contributed by atoms with Crippen LogP contribution in [0.3, 0.4) is 0 Å². The summed E-state index contributed by atoms with van der Waals surface area (Å²) in [6.07, 6.45) is 4.18. The van der Waals surface area contributed by atoms with Gasteiger partial charge in [0.25, 0.3) is 0 Å². The van der Waals surface area contributed by atoms with Crippen molar-refractivity contribution in [2.24, 2.45) is 0 Å². The molecule has 1 saturated carbocycles. The largest absolute Gasteiger partial charge is 0.338 e. The van der Waals surface area contributed by atoms with Gasteiger partial charge in [0.15, 0.2) is 0 Å². The predicted octanol–water partition coefficient (Wildman–Crippen LogP) is 1.83. The molecular weight excluding hydrogens is 300 g/mol. The second-order valence-corrected chi connectivity index (χ2v) is 6.75. The van der Waals surface area contributed by atoms with Gasteiger partial charge in [-0.05, 0) is 25.7 Å². The van der Waals surface area contributed by atoms with E-state index >= 15 is 0 Å². The van der Waals surface area contributed by atoms with Gasteiger partial charge in [0.1, 0.15) is 0 Å². The summed E-state index contributed by atoms with van der Waals surface area (Å²) in [5.41, 5.74) is 2.65. The second kappa shape index (κ2) is 6.64. The highest BCUT2D eigenvalue weighted by atomic mass is 32.1. The number of carbonyl (C=O) groups excluding carboxylic acids is 2. The van der Waals surface area contributed by atoms with Crippen LogP contribution in [0.1, 0.15) is 38.3 Å². The molecule has 1 aliphatic heterocycles. The van der Waals surface area contributed by atoms with Gasteiger partial charge in [0, 0.05) is 31.4 Å². The summed E-state index contributed by atoms with van der Waals surface area (Å²) in [6, 6.07) is 0.493. The first-order valence-corrected chi connectivity index (χ1v) is 8.78. The summed E-state index contributed by atoms with van der Waals surface area (Å²) in [7, 11) is 0. The van der Waals surface area contributed by atoms with E-state index in [1.54, 1.807) is 12.4 Å². The molecule has 3 rings (SSSR count). The SMILES string of the molecule is CC(=O)N(C[C@H]1CCCN1C(=O)NCc1cscn1)C1CC1. The van der Waals surface area contributed by atoms with E-state index in [2.05, 4.69) is 10.3 Å². The van der Waals surface area contributed by atoms with Crippen molar-refractivity contribution in [2.75, 3.05) is 13.1 Å². The predicted molar refractivity (Wildman–Crippen MR) is 84.5 cm³/mol. The van der Waals surface area contributed by atoms with E-state index in [9.17, 15) is 9.59 Å². The van der Waals surface area contributed by atoms with Gasteiger partial charge in [0.2, 0.25) is 5.91 Å². The average Bonchev–Trinajstić information content (AvgIpc) is 3.02. The van der Waals surface area contributed by atoms with Gasteiger partial charge < -0.3 is 15.1 Å². The Balaban J connectivity index is 1.55. The lowest BCUT2D eigenvalue weighted by Crippen LogP contribution is -2.48. The molecule has 0 spiro atoms. The number of urea groups is 1. The molecule has 1 saturated heterocycles. The van der Waals surface area contributed by atoms with E-state index in [-0.39, 0.29) is 18.0 Å². The average molecular weight is 322 g/mol. The number of thiazole rings is 1. The zero-order valence-electron chi connectivity index (χ0n) is 12.8. The minimum Gasteiger partial charge on any atom is -0.338 e. The maximum Gasteiger partial charge on any atom is 0.318 e. The Kier molecular flexibility index (Phi) is 4.61. The lowest BCUT2D eigenvalue weighted by molar-refractivity contribution is -0.130. The fraction of sp³-hybridized carbons (Fsp3) is 0.667. The minimum absolute atomic E-state index is 0.0465. The molecule has 120 valence electrons. The standard InChI is InChI=1S/C15H22N4O2S/c1-11(20)19(13-4-5-13)8-14-3-2-6-18(14)15(21)16-7-12-9-22-10-17-12/h9-10,13-14H,2-8H2,1H3,(H,16,21)/t14-/m1/s1. The Hall–Kier alpha value is -1.63. The molecule has 0 unspecified atom stereocenters. The first kappa shape index (κ1) is 15.3. The molecule has 2 fully saturated rings. The normalized spacial score (nSPS) is 21.0. The summed E-state index contributed by atoms with van der Waals surface area (Å²) in [6.45, 7) is 3.53. The number of carbonyl (C=O) groups is 2. The van der Waals surface area contributed by atoms with Crippen molar-refractivity contribution in [3.05, 3.63) is 16.6 Å². The van der Waals surface area contributed by atoms with Gasteiger partial charge in [0.05, 0.1) is 23.8 Å². The maximum atomic E-state index is 12.4. The van der Waals surface area contributed by atoms with Crippen LogP contribution in [0, 0.1) is 0 Å². The summed E-state index contributed by atoms with van der Waals surface area (Å²) in [5, 5.41) is 4.87. The lowest BCUT2D eigenvalue weighted by atomic mass is 10.2. The van der Waals surface area contributed by atoms with Crippen molar-refractivity contribution < 1.29 is 9.59 Å². The summed E-state index contributed by atoms with van der Waals surface area (Å²) < 4.78 is 0. The van der Waals surface area contributed by atoms with Crippen LogP contribution < -0.4 is 5.32 Å². The van der Waals surface area contributed by atoms with E-state index in [0.29, 0.717) is 19.1 Å². The fourth-order valence-corrected chi connectivity index (χ4v) is 3.59. The number of nitrogens with zero attached hydrogens (tertiary/aromatic N) is 3. The van der Waals surface area contributed by atoms with Crippen molar-refractivity contribution in [1.82, 2.24) is 20.1 Å². The maximum absolute atomic E-state index is 12.4. The Morgan fingerprint density at radius 2 is 2.27 bits per heavy atom. The monoisotopic (exact) mass is 322 g/mol. The van der Waals surface area contributed by atoms with Gasteiger partial charge in [-0.3, -0.25) is 4.79 Å². The van der Waals surface area contributed by atoms with Crippen LogP contribution in [-0.4, -0.2) is 51.9 Å². The van der Waals surface area contributed by atoms with Crippen LogP contribution in [0.4, 0.5) is 4.79 Å². The van der Waals surface area contributed by atoms with Crippen molar-refractivity contribution >= 4 is 23.3 Å². The van der Waals surface area contributed by atoms with Gasteiger partial charge in [-0.25, -0.2) is 9.78 Å². The summed E-state index contributed by atoms with van der Waals surface area (Å²) in [4.78, 5) is 32.1. The number of aromatic nitrogens is 1. The highest BCUT2D eigenvalue weighted by molar-refractivity contribution is 7.07. The molecule has 6 nitrogen and oxygen atoms in total. The van der Waals surface area contributed by atoms with Crippen molar-refractivity contribution in [3.63, 3.8) is 0 Å². The number of nitrogens with one attached hydrogen (secondary N) is 1. The fourth-order valence-electron chi connectivity index (χ4n) is 3.03. The zero-order valence-corrected chi connectivity index (χ0v) is 13.6. The number of hydrogen-bond acceptors (Lipinski definition) is 4. The Bertz CT molecular complexity index is 530. The van der Waals surface area contributed by atoms with E-state index in [1.807, 2.05) is 15.2 Å². The van der Waals surface area contributed by atoms with Gasteiger partial charge in [-0.1, -0.05) is 0 Å². The van der Waals surface area contributed by atoms with Gasteiger partial charge >= 0.3 is 6.03 Å². The highest BCUT2D eigenvalue weighted by Gasteiger charge is 2.36. The first-order chi connectivity index (χ1) is 10.6. The first-order valence-electron chi connectivity index (χ1n) is 7.84. The summed E-state index contributed by atoms with van der Waals surface area (Å²) >= 11 is 1.53. The molecule has 1 aromatic rings. The number of hydrogen-bond donors (Lipinski definition) is 1. The molecule has 2 heterocycles. The quantitative estimate of drug-likeness (QED) is 0.899. The molecule has 1 N–H and O–H groups in total. The second-order valence-electron chi connectivity index (χ2n) is 6.03. The molecular formula is C15H22N4O2S. The number of likely N-dealkylation sites (tertiary alicyclic amines) is 1. The third kappa shape index (κ3) is 3.58.